The van der Waals surface area contributed by atoms with Gasteiger partial charge in [-0.2, -0.15) is 0 Å². The number of aliphatic carboxylic acids is 2. The van der Waals surface area contributed by atoms with Gasteiger partial charge in [0, 0.05) is 24.5 Å². The highest BCUT2D eigenvalue weighted by atomic mass is 16.4. The van der Waals surface area contributed by atoms with Crippen LogP contribution < -0.4 is 5.69 Å². The lowest BCUT2D eigenvalue weighted by Gasteiger charge is -1.74. The van der Waals surface area contributed by atoms with Crippen molar-refractivity contribution in [2.45, 2.75) is 0 Å². The van der Waals surface area contributed by atoms with Gasteiger partial charge in [-0.25, -0.2) is 19.4 Å². The van der Waals surface area contributed by atoms with Gasteiger partial charge >= 0.3 is 17.6 Å². The molecule has 1 aromatic rings. The Balaban J connectivity index is 0.000000262. The van der Waals surface area contributed by atoms with Crippen LogP contribution in [0.4, 0.5) is 0 Å². The van der Waals surface area contributed by atoms with Crippen molar-refractivity contribution in [3.8, 4) is 0 Å². The molecule has 0 aliphatic carbocycles. The maximum atomic E-state index is 10.1. The summed E-state index contributed by atoms with van der Waals surface area (Å²) in [5.41, 5.74) is -0.303. The first-order chi connectivity index (χ1) is 7.02. The van der Waals surface area contributed by atoms with Gasteiger partial charge in [-0.3, -0.25) is 0 Å². The molecule has 0 spiro atoms. The number of aromatic nitrogens is 2. The smallest absolute Gasteiger partial charge is 0.344 e. The number of H-pyrrole nitrogens is 1. The van der Waals surface area contributed by atoms with E-state index in [4.69, 9.17) is 10.2 Å². The maximum absolute atomic E-state index is 10.1. The van der Waals surface area contributed by atoms with Crippen molar-refractivity contribution in [3.05, 3.63) is 41.1 Å². The van der Waals surface area contributed by atoms with Crippen molar-refractivity contribution in [1.82, 2.24) is 9.97 Å². The standard InChI is InChI=1S/C4H4N2O.C4H4O4/c7-4-5-2-1-3-6-4;5-3(6)1-2-4(7)8/h1-3H,(H,5,6,7);1-2H,(H,5,6)(H,7,8)/b;2-1-. The van der Waals surface area contributed by atoms with Crippen molar-refractivity contribution in [1.29, 1.82) is 0 Å². The highest BCUT2D eigenvalue weighted by molar-refractivity contribution is 5.89. The Morgan fingerprint density at radius 3 is 2.00 bits per heavy atom. The molecule has 0 aromatic carbocycles. The highest BCUT2D eigenvalue weighted by Crippen LogP contribution is 1.70. The van der Waals surface area contributed by atoms with E-state index in [9.17, 15) is 14.4 Å². The van der Waals surface area contributed by atoms with Crippen molar-refractivity contribution >= 4 is 11.9 Å². The van der Waals surface area contributed by atoms with Crippen LogP contribution in [0.5, 0.6) is 0 Å². The van der Waals surface area contributed by atoms with Crippen molar-refractivity contribution in [2.24, 2.45) is 0 Å². The molecule has 0 atom stereocenters. The summed E-state index contributed by atoms with van der Waals surface area (Å²) in [6, 6.07) is 1.65. The van der Waals surface area contributed by atoms with Crippen LogP contribution in [0.3, 0.4) is 0 Å². The first kappa shape index (κ1) is 12.6. The SMILES string of the molecule is O=C(O)/C=C\C(=O)O.O=c1nccc[nH]1. The quantitative estimate of drug-likeness (QED) is 0.567. The van der Waals surface area contributed by atoms with Crippen LogP contribution in [0.1, 0.15) is 0 Å². The summed E-state index contributed by atoms with van der Waals surface area (Å²) < 4.78 is 0. The van der Waals surface area contributed by atoms with Crippen LogP contribution in [0.15, 0.2) is 35.4 Å². The van der Waals surface area contributed by atoms with E-state index in [2.05, 4.69) is 9.97 Å². The zero-order valence-electron chi connectivity index (χ0n) is 7.45. The fourth-order valence-electron chi connectivity index (χ4n) is 0.453. The maximum Gasteiger partial charge on any atom is 0.344 e. The Bertz CT molecular complexity index is 376. The van der Waals surface area contributed by atoms with E-state index in [-0.39, 0.29) is 5.69 Å². The largest absolute Gasteiger partial charge is 0.478 e. The summed E-state index contributed by atoms with van der Waals surface area (Å²) in [7, 11) is 0. The number of hydrogen-bond acceptors (Lipinski definition) is 4. The van der Waals surface area contributed by atoms with Crippen molar-refractivity contribution in [2.75, 3.05) is 0 Å². The van der Waals surface area contributed by atoms with Gasteiger partial charge < -0.3 is 15.2 Å². The molecule has 0 radical (unpaired) electrons. The van der Waals surface area contributed by atoms with Crippen LogP contribution in [0, 0.1) is 0 Å². The second kappa shape index (κ2) is 7.01. The summed E-state index contributed by atoms with van der Waals surface area (Å²) in [4.78, 5) is 34.9. The molecule has 0 bridgehead atoms. The van der Waals surface area contributed by atoms with E-state index in [1.54, 1.807) is 6.07 Å². The summed E-state index contributed by atoms with van der Waals surface area (Å²) in [6.45, 7) is 0. The number of aromatic amines is 1. The predicted octanol–water partition coefficient (Wildman–Crippen LogP) is -0.518. The third kappa shape index (κ3) is 9.47. The van der Waals surface area contributed by atoms with Gasteiger partial charge in [-0.15, -0.1) is 0 Å². The molecule has 7 nitrogen and oxygen atoms in total. The third-order valence-electron chi connectivity index (χ3n) is 0.949. The molecule has 0 fully saturated rings. The topological polar surface area (TPSA) is 120 Å². The van der Waals surface area contributed by atoms with E-state index in [0.29, 0.717) is 12.2 Å². The summed E-state index contributed by atoms with van der Waals surface area (Å²) in [6.07, 6.45) is 4.10. The number of hydrogen-bond donors (Lipinski definition) is 3. The van der Waals surface area contributed by atoms with E-state index < -0.39 is 11.9 Å². The molecule has 0 aliphatic heterocycles. The Labute approximate surface area is 83.7 Å². The van der Waals surface area contributed by atoms with Crippen molar-refractivity contribution < 1.29 is 19.8 Å². The number of nitrogens with zero attached hydrogens (tertiary/aromatic N) is 1. The number of rotatable bonds is 2. The number of nitrogens with one attached hydrogen (secondary N) is 1. The van der Waals surface area contributed by atoms with Gasteiger partial charge in [0.1, 0.15) is 0 Å². The molecule has 0 saturated carbocycles. The average Bonchev–Trinajstić information content (AvgIpc) is 2.17. The molecule has 0 saturated heterocycles. The minimum atomic E-state index is -1.26. The van der Waals surface area contributed by atoms with Gasteiger partial charge in [0.2, 0.25) is 0 Å². The summed E-state index contributed by atoms with van der Waals surface area (Å²) in [5, 5.41) is 15.6. The monoisotopic (exact) mass is 212 g/mol. The summed E-state index contributed by atoms with van der Waals surface area (Å²) >= 11 is 0. The molecule has 80 valence electrons. The van der Waals surface area contributed by atoms with E-state index >= 15 is 0 Å². The van der Waals surface area contributed by atoms with Crippen LogP contribution >= 0.6 is 0 Å². The minimum Gasteiger partial charge on any atom is -0.478 e. The molecule has 1 aromatic heterocycles. The number of carbonyl (C=O) groups is 2. The van der Waals surface area contributed by atoms with Crippen molar-refractivity contribution in [3.63, 3.8) is 0 Å². The molecular weight excluding hydrogens is 204 g/mol. The van der Waals surface area contributed by atoms with E-state index in [1.165, 1.54) is 12.4 Å². The van der Waals surface area contributed by atoms with Crippen LogP contribution in [0.2, 0.25) is 0 Å². The van der Waals surface area contributed by atoms with Gasteiger partial charge in [0.15, 0.2) is 0 Å². The lowest BCUT2D eigenvalue weighted by Crippen LogP contribution is -2.05. The van der Waals surface area contributed by atoms with Crippen LogP contribution in [-0.2, 0) is 9.59 Å². The average molecular weight is 212 g/mol. The fourth-order valence-corrected chi connectivity index (χ4v) is 0.453. The Morgan fingerprint density at radius 2 is 1.80 bits per heavy atom. The molecule has 0 unspecified atom stereocenters. The van der Waals surface area contributed by atoms with Gasteiger partial charge in [-0.05, 0) is 6.07 Å². The Hall–Kier alpha value is -2.44. The molecule has 1 rings (SSSR count). The van der Waals surface area contributed by atoms with Crippen LogP contribution in [0.25, 0.3) is 0 Å². The zero-order chi connectivity index (χ0) is 11.7. The van der Waals surface area contributed by atoms with Gasteiger partial charge in [0.05, 0.1) is 0 Å². The van der Waals surface area contributed by atoms with E-state index in [0.717, 1.165) is 0 Å². The number of carboxylic acid groups (broad SMARTS) is 2. The predicted molar refractivity (Wildman–Crippen MR) is 49.3 cm³/mol. The van der Waals surface area contributed by atoms with E-state index in [1.807, 2.05) is 0 Å². The number of carboxylic acids is 2. The second-order valence-corrected chi connectivity index (χ2v) is 2.10. The third-order valence-corrected chi connectivity index (χ3v) is 0.949. The second-order valence-electron chi connectivity index (χ2n) is 2.10. The molecule has 3 N–H and O–H groups in total. The zero-order valence-corrected chi connectivity index (χ0v) is 7.45. The van der Waals surface area contributed by atoms with Crippen LogP contribution in [-0.4, -0.2) is 32.1 Å². The Kier molecular flexibility index (Phi) is 5.87. The minimum absolute atomic E-state index is 0.303. The summed E-state index contributed by atoms with van der Waals surface area (Å²) in [5.74, 6) is -2.51. The molecular formula is C8H8N2O5. The molecule has 0 aliphatic rings. The molecule has 7 heteroatoms. The first-order valence-corrected chi connectivity index (χ1v) is 3.66. The molecule has 0 amide bonds. The normalized spacial score (nSPS) is 9.07. The highest BCUT2D eigenvalue weighted by Gasteiger charge is 1.88. The molecule has 15 heavy (non-hydrogen) atoms. The van der Waals surface area contributed by atoms with Gasteiger partial charge in [-0.1, -0.05) is 0 Å². The molecule has 1 heterocycles. The Morgan fingerprint density at radius 1 is 1.27 bits per heavy atom. The first-order valence-electron chi connectivity index (χ1n) is 3.66. The lowest BCUT2D eigenvalue weighted by molar-refractivity contribution is -0.134. The fraction of sp³-hybridized carbons (Fsp3) is 0. The lowest BCUT2D eigenvalue weighted by atomic mass is 10.5. The van der Waals surface area contributed by atoms with Gasteiger partial charge in [0.25, 0.3) is 0 Å².